The Kier molecular flexibility index (Phi) is 2.57. The van der Waals surface area contributed by atoms with Gasteiger partial charge in [0.2, 0.25) is 0 Å². The topological polar surface area (TPSA) is 27.0 Å². The van der Waals surface area contributed by atoms with Gasteiger partial charge in [-0.05, 0) is 50.9 Å². The smallest absolute Gasteiger partial charge is 0.0779 e. The molecule has 1 aliphatic carbocycles. The lowest BCUT2D eigenvalue weighted by atomic mass is 9.94. The summed E-state index contributed by atoms with van der Waals surface area (Å²) in [7, 11) is 4.14. The van der Waals surface area contributed by atoms with Crippen molar-refractivity contribution in [3.63, 3.8) is 0 Å². The standard InChI is InChI=1S/C12H16N2S/c1-9-4-7-15-10(9)11(14(2)3)12(8-13)5-6-12/h4,7,11H,5-6H2,1-3H3. The van der Waals surface area contributed by atoms with Crippen molar-refractivity contribution in [3.8, 4) is 6.07 Å². The van der Waals surface area contributed by atoms with Gasteiger partial charge >= 0.3 is 0 Å². The van der Waals surface area contributed by atoms with Gasteiger partial charge in [-0.2, -0.15) is 5.26 Å². The van der Waals surface area contributed by atoms with Gasteiger partial charge in [0, 0.05) is 4.88 Å². The Morgan fingerprint density at radius 3 is 2.53 bits per heavy atom. The van der Waals surface area contributed by atoms with Gasteiger partial charge in [-0.15, -0.1) is 11.3 Å². The molecule has 0 spiro atoms. The molecule has 0 bridgehead atoms. The van der Waals surface area contributed by atoms with E-state index in [9.17, 15) is 5.26 Å². The van der Waals surface area contributed by atoms with Crippen LogP contribution in [0.1, 0.15) is 29.3 Å². The molecule has 0 radical (unpaired) electrons. The van der Waals surface area contributed by atoms with Gasteiger partial charge in [0.1, 0.15) is 0 Å². The average molecular weight is 220 g/mol. The highest BCUT2D eigenvalue weighted by molar-refractivity contribution is 7.10. The number of thiophene rings is 1. The zero-order chi connectivity index (χ0) is 11.1. The van der Waals surface area contributed by atoms with Crippen molar-refractivity contribution < 1.29 is 0 Å². The van der Waals surface area contributed by atoms with Crippen molar-refractivity contribution in [2.45, 2.75) is 25.8 Å². The van der Waals surface area contributed by atoms with Crippen molar-refractivity contribution in [1.82, 2.24) is 4.90 Å². The van der Waals surface area contributed by atoms with Gasteiger partial charge in [0.15, 0.2) is 0 Å². The Hall–Kier alpha value is -0.850. The van der Waals surface area contributed by atoms with Gasteiger partial charge in [0.25, 0.3) is 0 Å². The largest absolute Gasteiger partial charge is 0.300 e. The highest BCUT2D eigenvalue weighted by Crippen LogP contribution is 2.57. The van der Waals surface area contributed by atoms with E-state index in [0.717, 1.165) is 12.8 Å². The third-order valence-electron chi connectivity index (χ3n) is 3.20. The summed E-state index contributed by atoms with van der Waals surface area (Å²) < 4.78 is 0. The van der Waals surface area contributed by atoms with E-state index < -0.39 is 0 Å². The van der Waals surface area contributed by atoms with E-state index in [-0.39, 0.29) is 11.5 Å². The molecule has 1 aliphatic rings. The molecule has 0 amide bonds. The van der Waals surface area contributed by atoms with E-state index in [1.54, 1.807) is 11.3 Å². The van der Waals surface area contributed by atoms with E-state index in [4.69, 9.17) is 0 Å². The summed E-state index contributed by atoms with van der Waals surface area (Å²) in [6, 6.07) is 4.94. The van der Waals surface area contributed by atoms with Crippen LogP contribution >= 0.6 is 11.3 Å². The Morgan fingerprint density at radius 2 is 2.20 bits per heavy atom. The lowest BCUT2D eigenvalue weighted by Crippen LogP contribution is -2.27. The number of nitriles is 1. The van der Waals surface area contributed by atoms with E-state index in [1.165, 1.54) is 10.4 Å². The molecule has 80 valence electrons. The minimum Gasteiger partial charge on any atom is -0.300 e. The van der Waals surface area contributed by atoms with Crippen molar-refractivity contribution in [2.24, 2.45) is 5.41 Å². The van der Waals surface area contributed by atoms with Gasteiger partial charge in [-0.1, -0.05) is 0 Å². The summed E-state index contributed by atoms with van der Waals surface area (Å²) in [6.45, 7) is 2.13. The van der Waals surface area contributed by atoms with Gasteiger partial charge in [0.05, 0.1) is 17.5 Å². The van der Waals surface area contributed by atoms with Crippen LogP contribution in [0.15, 0.2) is 11.4 Å². The molecule has 0 aromatic carbocycles. The minimum atomic E-state index is -0.112. The van der Waals surface area contributed by atoms with Gasteiger partial charge in [-0.3, -0.25) is 0 Å². The molecule has 1 saturated carbocycles. The highest BCUT2D eigenvalue weighted by Gasteiger charge is 2.52. The Bertz CT molecular complexity index is 396. The molecule has 0 aliphatic heterocycles. The molecule has 3 heteroatoms. The molecule has 0 saturated heterocycles. The summed E-state index contributed by atoms with van der Waals surface area (Å²) >= 11 is 1.78. The predicted octanol–water partition coefficient (Wildman–Crippen LogP) is 2.96. The van der Waals surface area contributed by atoms with Crippen LogP contribution in [0.4, 0.5) is 0 Å². The molecule has 1 aromatic rings. The molecule has 1 unspecified atom stereocenters. The summed E-state index contributed by atoms with van der Waals surface area (Å²) in [6.07, 6.45) is 2.09. The molecule has 1 fully saturated rings. The monoisotopic (exact) mass is 220 g/mol. The number of hydrogen-bond donors (Lipinski definition) is 0. The second kappa shape index (κ2) is 3.62. The SMILES string of the molecule is Cc1ccsc1C(N(C)C)C1(C#N)CC1. The molecule has 1 heterocycles. The van der Waals surface area contributed by atoms with E-state index in [2.05, 4.69) is 43.4 Å². The van der Waals surface area contributed by atoms with Crippen LogP contribution in [0.3, 0.4) is 0 Å². The molecule has 15 heavy (non-hydrogen) atoms. The number of aryl methyl sites for hydroxylation is 1. The molecule has 0 N–H and O–H groups in total. The van der Waals surface area contributed by atoms with Gasteiger partial charge in [-0.25, -0.2) is 0 Å². The second-order valence-corrected chi connectivity index (χ2v) is 5.55. The first-order valence-electron chi connectivity index (χ1n) is 5.22. The van der Waals surface area contributed by atoms with Crippen LogP contribution in [-0.2, 0) is 0 Å². The van der Waals surface area contributed by atoms with Crippen LogP contribution in [0.25, 0.3) is 0 Å². The maximum absolute atomic E-state index is 9.29. The predicted molar refractivity (Wildman–Crippen MR) is 62.8 cm³/mol. The van der Waals surface area contributed by atoms with Crippen molar-refractivity contribution in [1.29, 1.82) is 5.26 Å². The highest BCUT2D eigenvalue weighted by atomic mass is 32.1. The van der Waals surface area contributed by atoms with E-state index in [0.29, 0.717) is 0 Å². The third kappa shape index (κ3) is 1.68. The van der Waals surface area contributed by atoms with Crippen LogP contribution in [0, 0.1) is 23.7 Å². The average Bonchev–Trinajstić information content (AvgIpc) is 2.86. The molecule has 2 nitrogen and oxygen atoms in total. The first-order chi connectivity index (χ1) is 7.10. The maximum Gasteiger partial charge on any atom is 0.0779 e. The number of rotatable bonds is 3. The Morgan fingerprint density at radius 1 is 1.53 bits per heavy atom. The fourth-order valence-corrected chi connectivity index (χ4v) is 3.46. The summed E-state index contributed by atoms with van der Waals surface area (Å²) in [4.78, 5) is 3.55. The summed E-state index contributed by atoms with van der Waals surface area (Å²) in [5.41, 5.74) is 1.21. The molecule has 1 atom stereocenters. The van der Waals surface area contributed by atoms with E-state index in [1.807, 2.05) is 0 Å². The Balaban J connectivity index is 2.38. The van der Waals surface area contributed by atoms with Gasteiger partial charge < -0.3 is 4.90 Å². The molecular formula is C12H16N2S. The van der Waals surface area contributed by atoms with Crippen LogP contribution in [0.2, 0.25) is 0 Å². The third-order valence-corrected chi connectivity index (χ3v) is 4.27. The van der Waals surface area contributed by atoms with Crippen LogP contribution in [0.5, 0.6) is 0 Å². The summed E-state index contributed by atoms with van der Waals surface area (Å²) in [5.74, 6) is 0. The van der Waals surface area contributed by atoms with Crippen LogP contribution < -0.4 is 0 Å². The molecule has 2 rings (SSSR count). The fourth-order valence-electron chi connectivity index (χ4n) is 2.23. The zero-order valence-electron chi connectivity index (χ0n) is 9.45. The number of hydrogen-bond acceptors (Lipinski definition) is 3. The Labute approximate surface area is 95.1 Å². The minimum absolute atomic E-state index is 0.112. The normalized spacial score (nSPS) is 19.9. The molecular weight excluding hydrogens is 204 g/mol. The zero-order valence-corrected chi connectivity index (χ0v) is 10.3. The van der Waals surface area contributed by atoms with Crippen LogP contribution in [-0.4, -0.2) is 19.0 Å². The quantitative estimate of drug-likeness (QED) is 0.783. The second-order valence-electron chi connectivity index (χ2n) is 4.60. The lowest BCUT2D eigenvalue weighted by Gasteiger charge is -2.28. The number of nitrogens with zero attached hydrogens (tertiary/aromatic N) is 2. The molecule has 1 aromatic heterocycles. The van der Waals surface area contributed by atoms with Crippen molar-refractivity contribution in [2.75, 3.05) is 14.1 Å². The first-order valence-corrected chi connectivity index (χ1v) is 6.10. The summed E-state index contributed by atoms with van der Waals surface area (Å²) in [5, 5.41) is 11.4. The first kappa shape index (κ1) is 10.7. The lowest BCUT2D eigenvalue weighted by molar-refractivity contribution is 0.235. The van der Waals surface area contributed by atoms with Crippen molar-refractivity contribution in [3.05, 3.63) is 21.9 Å². The maximum atomic E-state index is 9.29. The van der Waals surface area contributed by atoms with Crippen molar-refractivity contribution >= 4 is 11.3 Å². The fraction of sp³-hybridized carbons (Fsp3) is 0.583. The van der Waals surface area contributed by atoms with E-state index >= 15 is 0 Å².